The Kier molecular flexibility index (Phi) is 5.37. The first-order chi connectivity index (χ1) is 9.33. The van der Waals surface area contributed by atoms with Gasteiger partial charge >= 0.3 is 0 Å². The number of hydrogen-bond donors (Lipinski definition) is 2. The van der Waals surface area contributed by atoms with Crippen LogP contribution in [0.2, 0.25) is 0 Å². The van der Waals surface area contributed by atoms with E-state index in [1.807, 2.05) is 4.68 Å². The average molecular weight is 300 g/mol. The summed E-state index contributed by atoms with van der Waals surface area (Å²) in [5.74, 6) is 0.579. The molecule has 1 aromatic rings. The lowest BCUT2D eigenvalue weighted by Gasteiger charge is -2.25. The third-order valence-corrected chi connectivity index (χ3v) is 4.20. The Labute approximate surface area is 125 Å². The Morgan fingerprint density at radius 2 is 2.10 bits per heavy atom. The summed E-state index contributed by atoms with van der Waals surface area (Å²) in [5.41, 5.74) is 0.442. The predicted octanol–water partition coefficient (Wildman–Crippen LogP) is 1.15. The maximum absolute atomic E-state index is 11.9. The number of hydrogen-bond acceptors (Lipinski definition) is 4. The maximum Gasteiger partial charge on any atom is 0.273 e. The van der Waals surface area contributed by atoms with Crippen molar-refractivity contribution in [2.45, 2.75) is 38.1 Å². The van der Waals surface area contributed by atoms with E-state index in [-0.39, 0.29) is 18.3 Å². The van der Waals surface area contributed by atoms with Crippen LogP contribution >= 0.6 is 12.4 Å². The summed E-state index contributed by atoms with van der Waals surface area (Å²) < 4.78 is 1.85. The summed E-state index contributed by atoms with van der Waals surface area (Å²) in [6.45, 7) is 2.79. The maximum atomic E-state index is 11.9. The molecule has 2 heterocycles. The Hall–Kier alpha value is -1.14. The van der Waals surface area contributed by atoms with Crippen LogP contribution in [0, 0.1) is 5.92 Å². The standard InChI is InChI=1S/C13H21N5O.ClH/c19-13(15-8-10-2-1-3-10)12-9-18(17-16-12)11-4-6-14-7-5-11;/h9-11,14H,1-8H2,(H,15,19);1H. The van der Waals surface area contributed by atoms with Crippen molar-refractivity contribution in [3.63, 3.8) is 0 Å². The highest BCUT2D eigenvalue weighted by molar-refractivity contribution is 5.91. The quantitative estimate of drug-likeness (QED) is 0.875. The molecule has 6 nitrogen and oxygen atoms in total. The van der Waals surface area contributed by atoms with E-state index in [9.17, 15) is 4.79 Å². The summed E-state index contributed by atoms with van der Waals surface area (Å²) in [5, 5.41) is 14.4. The van der Waals surface area contributed by atoms with Gasteiger partial charge in [-0.3, -0.25) is 4.79 Å². The molecule has 0 radical (unpaired) electrons. The molecule has 2 aliphatic rings. The normalized spacial score (nSPS) is 20.0. The molecule has 0 aromatic carbocycles. The van der Waals surface area contributed by atoms with Gasteiger partial charge in [0, 0.05) is 6.54 Å². The summed E-state index contributed by atoms with van der Waals surface area (Å²) in [6, 6.07) is 0.377. The van der Waals surface area contributed by atoms with Crippen molar-refractivity contribution in [3.8, 4) is 0 Å². The molecule has 0 bridgehead atoms. The molecule has 2 fully saturated rings. The van der Waals surface area contributed by atoms with E-state index in [0.717, 1.165) is 32.5 Å². The third kappa shape index (κ3) is 3.49. The number of rotatable bonds is 4. The molecule has 1 aromatic heterocycles. The van der Waals surface area contributed by atoms with Gasteiger partial charge in [-0.25, -0.2) is 4.68 Å². The monoisotopic (exact) mass is 299 g/mol. The first kappa shape index (κ1) is 15.3. The molecule has 20 heavy (non-hydrogen) atoms. The number of carbonyl (C=O) groups is 1. The molecule has 1 aliphatic carbocycles. The topological polar surface area (TPSA) is 71.8 Å². The van der Waals surface area contributed by atoms with E-state index in [1.54, 1.807) is 6.20 Å². The number of halogens is 1. The number of carbonyl (C=O) groups excluding carboxylic acids is 1. The van der Waals surface area contributed by atoms with E-state index in [4.69, 9.17) is 0 Å². The fourth-order valence-electron chi connectivity index (χ4n) is 2.65. The summed E-state index contributed by atoms with van der Waals surface area (Å²) >= 11 is 0. The number of nitrogens with one attached hydrogen (secondary N) is 2. The lowest BCUT2D eigenvalue weighted by atomic mass is 9.85. The van der Waals surface area contributed by atoms with Gasteiger partial charge in [0.2, 0.25) is 0 Å². The number of piperidine rings is 1. The average Bonchev–Trinajstić information content (AvgIpc) is 2.87. The van der Waals surface area contributed by atoms with Crippen molar-refractivity contribution in [2.75, 3.05) is 19.6 Å². The summed E-state index contributed by atoms with van der Waals surface area (Å²) in [6.07, 6.45) is 7.65. The molecule has 1 saturated heterocycles. The lowest BCUT2D eigenvalue weighted by Crippen LogP contribution is -2.32. The zero-order valence-electron chi connectivity index (χ0n) is 11.5. The molecule has 0 atom stereocenters. The Morgan fingerprint density at radius 1 is 1.35 bits per heavy atom. The predicted molar refractivity (Wildman–Crippen MR) is 78.1 cm³/mol. The van der Waals surface area contributed by atoms with Gasteiger partial charge in [0.05, 0.1) is 12.2 Å². The minimum Gasteiger partial charge on any atom is -0.350 e. The van der Waals surface area contributed by atoms with Gasteiger partial charge < -0.3 is 10.6 Å². The van der Waals surface area contributed by atoms with Gasteiger partial charge in [-0.1, -0.05) is 11.6 Å². The molecule has 7 heteroatoms. The Balaban J connectivity index is 0.00000147. The molecule has 0 spiro atoms. The van der Waals surface area contributed by atoms with Crippen LogP contribution < -0.4 is 10.6 Å². The molecular formula is C13H22ClN5O. The molecule has 0 unspecified atom stereocenters. The van der Waals surface area contributed by atoms with Crippen molar-refractivity contribution in [3.05, 3.63) is 11.9 Å². The second-order valence-electron chi connectivity index (χ2n) is 5.57. The second kappa shape index (κ2) is 7.04. The van der Waals surface area contributed by atoms with E-state index >= 15 is 0 Å². The van der Waals surface area contributed by atoms with Gasteiger partial charge in [-0.15, -0.1) is 17.5 Å². The molecule has 112 valence electrons. The summed E-state index contributed by atoms with van der Waals surface area (Å²) in [4.78, 5) is 11.9. The first-order valence-electron chi connectivity index (χ1n) is 7.23. The van der Waals surface area contributed by atoms with Gasteiger partial charge in [0.1, 0.15) is 0 Å². The molecule has 3 rings (SSSR count). The second-order valence-corrected chi connectivity index (χ2v) is 5.57. The molecule has 2 N–H and O–H groups in total. The van der Waals surface area contributed by atoms with Crippen LogP contribution in [0.4, 0.5) is 0 Å². The van der Waals surface area contributed by atoms with Crippen LogP contribution in [-0.4, -0.2) is 40.5 Å². The van der Waals surface area contributed by atoms with Crippen LogP contribution in [0.5, 0.6) is 0 Å². The van der Waals surface area contributed by atoms with Crippen LogP contribution in [0.25, 0.3) is 0 Å². The van der Waals surface area contributed by atoms with E-state index < -0.39 is 0 Å². The van der Waals surface area contributed by atoms with E-state index in [1.165, 1.54) is 19.3 Å². The largest absolute Gasteiger partial charge is 0.350 e. The van der Waals surface area contributed by atoms with Crippen LogP contribution in [0.15, 0.2) is 6.20 Å². The fraction of sp³-hybridized carbons (Fsp3) is 0.769. The Bertz CT molecular complexity index is 440. The van der Waals surface area contributed by atoms with Crippen molar-refractivity contribution in [1.29, 1.82) is 0 Å². The molecular weight excluding hydrogens is 278 g/mol. The van der Waals surface area contributed by atoms with Crippen LogP contribution in [0.1, 0.15) is 48.6 Å². The van der Waals surface area contributed by atoms with Crippen molar-refractivity contribution >= 4 is 18.3 Å². The van der Waals surface area contributed by atoms with Crippen LogP contribution in [0.3, 0.4) is 0 Å². The lowest BCUT2D eigenvalue weighted by molar-refractivity contribution is 0.0934. The highest BCUT2D eigenvalue weighted by Crippen LogP contribution is 2.25. The number of nitrogens with zero attached hydrogens (tertiary/aromatic N) is 3. The highest BCUT2D eigenvalue weighted by atomic mass is 35.5. The number of amides is 1. The van der Waals surface area contributed by atoms with Crippen molar-refractivity contribution in [1.82, 2.24) is 25.6 Å². The smallest absolute Gasteiger partial charge is 0.273 e. The van der Waals surface area contributed by atoms with E-state index in [0.29, 0.717) is 17.7 Å². The minimum absolute atomic E-state index is 0. The molecule has 1 amide bonds. The minimum atomic E-state index is -0.0907. The summed E-state index contributed by atoms with van der Waals surface area (Å²) in [7, 11) is 0. The van der Waals surface area contributed by atoms with Gasteiger partial charge in [0.15, 0.2) is 5.69 Å². The zero-order chi connectivity index (χ0) is 13.1. The highest BCUT2D eigenvalue weighted by Gasteiger charge is 2.21. The van der Waals surface area contributed by atoms with Gasteiger partial charge in [-0.2, -0.15) is 0 Å². The molecule has 1 saturated carbocycles. The zero-order valence-corrected chi connectivity index (χ0v) is 12.4. The first-order valence-corrected chi connectivity index (χ1v) is 7.23. The molecule has 1 aliphatic heterocycles. The van der Waals surface area contributed by atoms with Crippen molar-refractivity contribution in [2.24, 2.45) is 5.92 Å². The van der Waals surface area contributed by atoms with Gasteiger partial charge in [0.25, 0.3) is 5.91 Å². The van der Waals surface area contributed by atoms with Gasteiger partial charge in [-0.05, 0) is 44.7 Å². The van der Waals surface area contributed by atoms with E-state index in [2.05, 4.69) is 20.9 Å². The third-order valence-electron chi connectivity index (χ3n) is 4.20. The fourth-order valence-corrected chi connectivity index (χ4v) is 2.65. The van der Waals surface area contributed by atoms with Crippen LogP contribution in [-0.2, 0) is 0 Å². The number of aromatic nitrogens is 3. The Morgan fingerprint density at radius 3 is 2.75 bits per heavy atom. The van der Waals surface area contributed by atoms with Crippen molar-refractivity contribution < 1.29 is 4.79 Å². The SMILES string of the molecule is Cl.O=C(NCC1CCC1)c1cn(C2CCNCC2)nn1.